The molecule has 104 valence electrons. The monoisotopic (exact) mass is 287 g/mol. The predicted molar refractivity (Wildman–Crippen MR) is 79.6 cm³/mol. The quantitative estimate of drug-likeness (QED) is 0.932. The van der Waals surface area contributed by atoms with Crippen molar-refractivity contribution < 1.29 is 9.90 Å². The zero-order valence-corrected chi connectivity index (χ0v) is 12.4. The second kappa shape index (κ2) is 5.02. The number of hydrogen-bond donors (Lipinski definition) is 1. The Balaban J connectivity index is 1.94. The topological polar surface area (TPSA) is 50.2 Å². The highest BCUT2D eigenvalue weighted by molar-refractivity contribution is 7.13. The molecule has 1 aromatic heterocycles. The fourth-order valence-corrected chi connectivity index (χ4v) is 3.74. The van der Waals surface area contributed by atoms with Gasteiger partial charge in [-0.1, -0.05) is 38.1 Å². The van der Waals surface area contributed by atoms with E-state index in [9.17, 15) is 9.90 Å². The van der Waals surface area contributed by atoms with Gasteiger partial charge in [-0.15, -0.1) is 11.3 Å². The second-order valence-electron chi connectivity index (χ2n) is 5.69. The maximum Gasteiger partial charge on any atom is 0.347 e. The number of aromatic carboxylic acids is 1. The van der Waals surface area contributed by atoms with Crippen molar-refractivity contribution in [3.05, 3.63) is 51.0 Å². The molecule has 1 heterocycles. The fraction of sp³-hybridized carbons (Fsp3) is 0.375. The molecular formula is C16H17NO2S. The third-order valence-electron chi connectivity index (χ3n) is 3.66. The molecule has 4 heteroatoms. The molecule has 1 N–H and O–H groups in total. The summed E-state index contributed by atoms with van der Waals surface area (Å²) in [5.74, 6) is -0.149. The molecule has 0 spiro atoms. The van der Waals surface area contributed by atoms with Crippen LogP contribution in [-0.2, 0) is 12.8 Å². The Hall–Kier alpha value is -1.68. The summed E-state index contributed by atoms with van der Waals surface area (Å²) in [6, 6.07) is 8.33. The van der Waals surface area contributed by atoms with E-state index in [0.29, 0.717) is 10.8 Å². The number of fused-ring (bicyclic) bond motifs is 1. The number of thiazole rings is 1. The molecule has 0 saturated carbocycles. The largest absolute Gasteiger partial charge is 0.477 e. The van der Waals surface area contributed by atoms with E-state index in [0.717, 1.165) is 23.5 Å². The van der Waals surface area contributed by atoms with E-state index in [1.54, 1.807) is 0 Å². The third kappa shape index (κ3) is 2.24. The van der Waals surface area contributed by atoms with Crippen LogP contribution in [0.5, 0.6) is 0 Å². The summed E-state index contributed by atoms with van der Waals surface area (Å²) in [6.07, 6.45) is 1.70. The summed E-state index contributed by atoms with van der Waals surface area (Å²) >= 11 is 1.35. The van der Waals surface area contributed by atoms with Gasteiger partial charge in [0, 0.05) is 5.92 Å². The van der Waals surface area contributed by atoms with Crippen LogP contribution >= 0.6 is 11.3 Å². The zero-order valence-electron chi connectivity index (χ0n) is 11.6. The minimum absolute atomic E-state index is 0.287. The molecule has 0 saturated heterocycles. The molecule has 1 unspecified atom stereocenters. The lowest BCUT2D eigenvalue weighted by atomic mass is 9.78. The van der Waals surface area contributed by atoms with Crippen LogP contribution in [0, 0.1) is 5.92 Å². The van der Waals surface area contributed by atoms with E-state index in [1.807, 2.05) is 12.1 Å². The van der Waals surface area contributed by atoms with Crippen LogP contribution in [0.1, 0.15) is 51.3 Å². The van der Waals surface area contributed by atoms with Crippen LogP contribution in [-0.4, -0.2) is 16.1 Å². The van der Waals surface area contributed by atoms with E-state index >= 15 is 0 Å². The molecule has 3 nitrogen and oxygen atoms in total. The number of nitrogens with zero attached hydrogens (tertiary/aromatic N) is 1. The molecule has 1 aliphatic rings. The van der Waals surface area contributed by atoms with E-state index in [1.165, 1.54) is 22.5 Å². The first kappa shape index (κ1) is 13.3. The van der Waals surface area contributed by atoms with Crippen molar-refractivity contribution in [1.82, 2.24) is 4.98 Å². The summed E-state index contributed by atoms with van der Waals surface area (Å²) in [5, 5.41) is 10.3. The number of carboxylic acid groups (broad SMARTS) is 1. The van der Waals surface area contributed by atoms with Gasteiger partial charge >= 0.3 is 5.97 Å². The molecule has 3 rings (SSSR count). The predicted octanol–water partition coefficient (Wildman–Crippen LogP) is 3.73. The lowest BCUT2D eigenvalue weighted by molar-refractivity contribution is 0.0700. The smallest absolute Gasteiger partial charge is 0.347 e. The Labute approximate surface area is 122 Å². The molecule has 0 fully saturated rings. The highest BCUT2D eigenvalue weighted by Crippen LogP contribution is 2.42. The molecule has 0 radical (unpaired) electrons. The summed E-state index contributed by atoms with van der Waals surface area (Å²) in [5.41, 5.74) is 3.40. The summed E-state index contributed by atoms with van der Waals surface area (Å²) in [4.78, 5) is 16.4. The first-order valence-corrected chi connectivity index (χ1v) is 7.68. The van der Waals surface area contributed by atoms with E-state index in [2.05, 4.69) is 31.0 Å². The van der Waals surface area contributed by atoms with Crippen molar-refractivity contribution in [1.29, 1.82) is 0 Å². The molecular weight excluding hydrogens is 270 g/mol. The van der Waals surface area contributed by atoms with E-state index in [-0.39, 0.29) is 5.92 Å². The Bertz CT molecular complexity index is 660. The average Bonchev–Trinajstić information content (AvgIpc) is 2.73. The van der Waals surface area contributed by atoms with Gasteiger partial charge in [-0.25, -0.2) is 9.78 Å². The van der Waals surface area contributed by atoms with E-state index < -0.39 is 5.97 Å². The molecule has 1 aliphatic carbocycles. The molecule has 2 aromatic rings. The lowest BCUT2D eigenvalue weighted by Crippen LogP contribution is -2.17. The maximum atomic E-state index is 11.4. The van der Waals surface area contributed by atoms with Crippen LogP contribution in [0.3, 0.4) is 0 Å². The number of benzene rings is 1. The first-order chi connectivity index (χ1) is 9.56. The van der Waals surface area contributed by atoms with Crippen LogP contribution < -0.4 is 0 Å². The van der Waals surface area contributed by atoms with Crippen LogP contribution in [0.15, 0.2) is 24.3 Å². The van der Waals surface area contributed by atoms with Gasteiger partial charge in [0.1, 0.15) is 9.88 Å². The Kier molecular flexibility index (Phi) is 3.34. The standard InChI is InChI=1S/C16H17NO2S/c1-9(2)7-13-14(16(18)19)20-15(17-13)12-8-10-5-3-4-6-11(10)12/h3-6,9,12H,7-8H2,1-2H3,(H,18,19). The Morgan fingerprint density at radius 1 is 1.45 bits per heavy atom. The molecule has 0 amide bonds. The average molecular weight is 287 g/mol. The van der Waals surface area contributed by atoms with Crippen molar-refractivity contribution in [3.63, 3.8) is 0 Å². The van der Waals surface area contributed by atoms with Gasteiger partial charge < -0.3 is 5.11 Å². The zero-order chi connectivity index (χ0) is 14.3. The van der Waals surface area contributed by atoms with Gasteiger partial charge in [0.05, 0.1) is 5.69 Å². The van der Waals surface area contributed by atoms with Gasteiger partial charge in [0.25, 0.3) is 0 Å². The van der Waals surface area contributed by atoms with Crippen molar-refractivity contribution >= 4 is 17.3 Å². The third-order valence-corrected chi connectivity index (χ3v) is 4.86. The van der Waals surface area contributed by atoms with Gasteiger partial charge in [0.15, 0.2) is 0 Å². The van der Waals surface area contributed by atoms with Crippen LogP contribution in [0.4, 0.5) is 0 Å². The van der Waals surface area contributed by atoms with Gasteiger partial charge in [-0.3, -0.25) is 0 Å². The van der Waals surface area contributed by atoms with Gasteiger partial charge in [0.2, 0.25) is 0 Å². The first-order valence-electron chi connectivity index (χ1n) is 6.87. The van der Waals surface area contributed by atoms with E-state index in [4.69, 9.17) is 0 Å². The van der Waals surface area contributed by atoms with Crippen LogP contribution in [0.25, 0.3) is 0 Å². The molecule has 1 aromatic carbocycles. The van der Waals surface area contributed by atoms with Gasteiger partial charge in [-0.05, 0) is 29.9 Å². The van der Waals surface area contributed by atoms with Crippen molar-refractivity contribution in [2.75, 3.05) is 0 Å². The second-order valence-corrected chi connectivity index (χ2v) is 6.72. The normalized spacial score (nSPS) is 16.9. The Morgan fingerprint density at radius 2 is 2.20 bits per heavy atom. The number of carboxylic acids is 1. The highest BCUT2D eigenvalue weighted by Gasteiger charge is 2.31. The maximum absolute atomic E-state index is 11.4. The molecule has 0 bridgehead atoms. The van der Waals surface area contributed by atoms with Gasteiger partial charge in [-0.2, -0.15) is 0 Å². The molecule has 20 heavy (non-hydrogen) atoms. The fourth-order valence-electron chi connectivity index (χ4n) is 2.69. The van der Waals surface area contributed by atoms with Crippen LogP contribution in [0.2, 0.25) is 0 Å². The highest BCUT2D eigenvalue weighted by atomic mass is 32.1. The molecule has 0 aliphatic heterocycles. The van der Waals surface area contributed by atoms with Crippen molar-refractivity contribution in [3.8, 4) is 0 Å². The molecule has 1 atom stereocenters. The van der Waals surface area contributed by atoms with Crippen molar-refractivity contribution in [2.24, 2.45) is 5.92 Å². The minimum Gasteiger partial charge on any atom is -0.477 e. The number of rotatable bonds is 4. The summed E-state index contributed by atoms with van der Waals surface area (Å²) in [7, 11) is 0. The van der Waals surface area contributed by atoms with Crippen molar-refractivity contribution in [2.45, 2.75) is 32.6 Å². The lowest BCUT2D eigenvalue weighted by Gasteiger charge is -2.28. The SMILES string of the molecule is CC(C)Cc1nc(C2Cc3ccccc32)sc1C(=O)O. The number of carbonyl (C=O) groups is 1. The summed E-state index contributed by atoms with van der Waals surface area (Å²) in [6.45, 7) is 4.17. The Morgan fingerprint density at radius 3 is 2.85 bits per heavy atom. The number of hydrogen-bond acceptors (Lipinski definition) is 3. The number of aromatic nitrogens is 1. The summed E-state index contributed by atoms with van der Waals surface area (Å²) < 4.78 is 0. The minimum atomic E-state index is -0.850.